The van der Waals surface area contributed by atoms with Crippen molar-refractivity contribution in [2.24, 2.45) is 5.92 Å². The summed E-state index contributed by atoms with van der Waals surface area (Å²) in [6.45, 7) is 4.62. The summed E-state index contributed by atoms with van der Waals surface area (Å²) in [6.07, 6.45) is -0.236. The predicted octanol–water partition coefficient (Wildman–Crippen LogP) is 0.469. The van der Waals surface area contributed by atoms with Crippen molar-refractivity contribution in [2.45, 2.75) is 80.4 Å². The summed E-state index contributed by atoms with van der Waals surface area (Å²) in [7, 11) is 0. The van der Waals surface area contributed by atoms with Gasteiger partial charge in [0.2, 0.25) is 5.91 Å². The first-order valence-corrected chi connectivity index (χ1v) is 10.9. The van der Waals surface area contributed by atoms with Crippen LogP contribution in [-0.4, -0.2) is 81.3 Å². The van der Waals surface area contributed by atoms with Crippen LogP contribution in [0.4, 0.5) is 0 Å². The first kappa shape index (κ1) is 25.2. The van der Waals surface area contributed by atoms with Gasteiger partial charge >= 0.3 is 0 Å². The number of carbonyl (C=O) groups is 1. The lowest BCUT2D eigenvalue weighted by Crippen LogP contribution is -2.65. The minimum absolute atomic E-state index is 0. The van der Waals surface area contributed by atoms with Gasteiger partial charge in [-0.1, -0.05) is 13.3 Å². The zero-order chi connectivity index (χ0) is 19.4. The fraction of sp³-hybridized carbons (Fsp3) is 0.941. The number of rotatable bonds is 6. The summed E-state index contributed by atoms with van der Waals surface area (Å²) in [4.78, 5) is 12.7. The standard InChI is InChI=1S/C17H31ClN2O5S.ClH/c1-4-9-5-6-19-10(7-9)16(24)20-11(8(2)18)15-13(22)12(21)14(23)17(25-15)26-3;/h8-15,17,19,21-23H,4-7H2,1-3H3,(H,20,24);1H/t8-,9+,10-,11+,12-,13+,14+,15+,17+;/m0./s1. The van der Waals surface area contributed by atoms with Crippen LogP contribution in [0.2, 0.25) is 0 Å². The van der Waals surface area contributed by atoms with Crippen LogP contribution in [-0.2, 0) is 9.53 Å². The molecule has 2 fully saturated rings. The van der Waals surface area contributed by atoms with Crippen LogP contribution in [0.25, 0.3) is 0 Å². The van der Waals surface area contributed by atoms with Gasteiger partial charge < -0.3 is 30.7 Å². The summed E-state index contributed by atoms with van der Waals surface area (Å²) < 4.78 is 5.77. The lowest BCUT2D eigenvalue weighted by Gasteiger charge is -2.44. The van der Waals surface area contributed by atoms with Gasteiger partial charge in [0.1, 0.15) is 29.9 Å². The van der Waals surface area contributed by atoms with Crippen molar-refractivity contribution < 1.29 is 24.9 Å². The Kier molecular flexibility index (Phi) is 10.7. The molecule has 0 aliphatic carbocycles. The van der Waals surface area contributed by atoms with Crippen molar-refractivity contribution in [3.05, 3.63) is 0 Å². The van der Waals surface area contributed by atoms with Crippen LogP contribution in [0.1, 0.15) is 33.1 Å². The molecule has 10 heteroatoms. The van der Waals surface area contributed by atoms with Gasteiger partial charge in [-0.05, 0) is 38.5 Å². The third-order valence-electron chi connectivity index (χ3n) is 5.40. The summed E-state index contributed by atoms with van der Waals surface area (Å²) in [6, 6.07) is -1.00. The highest BCUT2D eigenvalue weighted by molar-refractivity contribution is 7.99. The van der Waals surface area contributed by atoms with Crippen LogP contribution >= 0.6 is 35.8 Å². The Balaban J connectivity index is 0.00000364. The molecule has 2 heterocycles. The minimum Gasteiger partial charge on any atom is -0.388 e. The molecule has 2 rings (SSSR count). The molecule has 0 radical (unpaired) electrons. The number of hydrogen-bond acceptors (Lipinski definition) is 7. The van der Waals surface area contributed by atoms with Gasteiger partial charge in [-0.25, -0.2) is 0 Å². The largest absolute Gasteiger partial charge is 0.388 e. The van der Waals surface area contributed by atoms with Gasteiger partial charge in [-0.2, -0.15) is 0 Å². The molecule has 2 aliphatic rings. The number of nitrogens with one attached hydrogen (secondary N) is 2. The molecule has 0 saturated carbocycles. The molecular formula is C17H32Cl2N2O5S. The normalized spacial score (nSPS) is 39.1. The average molecular weight is 447 g/mol. The van der Waals surface area contributed by atoms with E-state index in [0.717, 1.165) is 25.8 Å². The van der Waals surface area contributed by atoms with E-state index in [1.807, 2.05) is 0 Å². The Morgan fingerprint density at radius 3 is 2.56 bits per heavy atom. The number of aliphatic hydroxyl groups is 3. The van der Waals surface area contributed by atoms with Crippen molar-refractivity contribution in [2.75, 3.05) is 12.8 Å². The molecule has 0 aromatic rings. The minimum atomic E-state index is -1.36. The Bertz CT molecular complexity index is 475. The first-order chi connectivity index (χ1) is 12.3. The second kappa shape index (κ2) is 11.4. The van der Waals surface area contributed by atoms with Gasteiger partial charge in [-0.15, -0.1) is 35.8 Å². The summed E-state index contributed by atoms with van der Waals surface area (Å²) in [5.41, 5.74) is -0.703. The monoisotopic (exact) mass is 446 g/mol. The van der Waals surface area contributed by atoms with Gasteiger partial charge in [-0.3, -0.25) is 4.79 Å². The number of aliphatic hydroxyl groups excluding tert-OH is 3. The number of carbonyl (C=O) groups excluding carboxylic acids is 1. The third kappa shape index (κ3) is 6.09. The Hall–Kier alpha value is 0.200. The molecule has 2 aliphatic heterocycles. The Labute approximate surface area is 176 Å². The summed E-state index contributed by atoms with van der Waals surface area (Å²) in [5, 5.41) is 36.1. The third-order valence-corrected chi connectivity index (χ3v) is 6.53. The van der Waals surface area contributed by atoms with E-state index in [0.29, 0.717) is 5.92 Å². The molecule has 1 amide bonds. The molecule has 27 heavy (non-hydrogen) atoms. The molecule has 5 N–H and O–H groups in total. The molecule has 2 saturated heterocycles. The van der Waals surface area contributed by atoms with Crippen molar-refractivity contribution in [3.8, 4) is 0 Å². The van der Waals surface area contributed by atoms with Gasteiger partial charge in [0.05, 0.1) is 17.5 Å². The van der Waals surface area contributed by atoms with E-state index >= 15 is 0 Å². The number of ether oxygens (including phenoxy) is 1. The Morgan fingerprint density at radius 1 is 1.33 bits per heavy atom. The number of thioether (sulfide) groups is 1. The maximum Gasteiger partial charge on any atom is 0.237 e. The highest BCUT2D eigenvalue weighted by Crippen LogP contribution is 2.30. The zero-order valence-corrected chi connectivity index (χ0v) is 18.3. The van der Waals surface area contributed by atoms with Crippen molar-refractivity contribution >= 4 is 41.7 Å². The highest BCUT2D eigenvalue weighted by Gasteiger charge is 2.48. The molecule has 160 valence electrons. The molecule has 0 aromatic carbocycles. The number of halogens is 2. The van der Waals surface area contributed by atoms with E-state index < -0.39 is 41.3 Å². The molecule has 7 nitrogen and oxygen atoms in total. The maximum absolute atomic E-state index is 12.7. The SMILES string of the molecule is CC[C@@H]1CCN[C@H](C(=O)N[C@@H]([C@H]2O[C@H](SC)[C@H](O)[C@@H](O)[C@H]2O)[C@H](C)Cl)C1.Cl. The van der Waals surface area contributed by atoms with E-state index in [2.05, 4.69) is 17.6 Å². The van der Waals surface area contributed by atoms with Crippen LogP contribution in [0, 0.1) is 5.92 Å². The zero-order valence-electron chi connectivity index (χ0n) is 15.9. The smallest absolute Gasteiger partial charge is 0.237 e. The van der Waals surface area contributed by atoms with E-state index in [1.165, 1.54) is 11.8 Å². The van der Waals surface area contributed by atoms with Crippen molar-refractivity contribution in [3.63, 3.8) is 0 Å². The molecular weight excluding hydrogens is 415 g/mol. The fourth-order valence-electron chi connectivity index (χ4n) is 3.66. The second-order valence-electron chi connectivity index (χ2n) is 7.19. The van der Waals surface area contributed by atoms with Gasteiger partial charge in [0.15, 0.2) is 0 Å². The molecule has 0 unspecified atom stereocenters. The molecule has 0 aromatic heterocycles. The summed E-state index contributed by atoms with van der Waals surface area (Å²) in [5.74, 6) is 0.325. The van der Waals surface area contributed by atoms with Crippen LogP contribution in [0.5, 0.6) is 0 Å². The number of piperidine rings is 1. The van der Waals surface area contributed by atoms with Crippen LogP contribution in [0.3, 0.4) is 0 Å². The second-order valence-corrected chi connectivity index (χ2v) is 8.82. The van der Waals surface area contributed by atoms with E-state index in [9.17, 15) is 20.1 Å². The molecule has 9 atom stereocenters. The van der Waals surface area contributed by atoms with Crippen LogP contribution < -0.4 is 10.6 Å². The lowest BCUT2D eigenvalue weighted by molar-refractivity contribution is -0.205. The van der Waals surface area contributed by atoms with E-state index in [-0.39, 0.29) is 24.4 Å². The Morgan fingerprint density at radius 2 is 2.00 bits per heavy atom. The maximum atomic E-state index is 12.7. The molecule has 0 bridgehead atoms. The quantitative estimate of drug-likeness (QED) is 0.377. The molecule has 0 spiro atoms. The number of alkyl halides is 1. The van der Waals surface area contributed by atoms with Gasteiger partial charge in [0, 0.05) is 0 Å². The number of amides is 1. The van der Waals surface area contributed by atoms with Gasteiger partial charge in [0.25, 0.3) is 0 Å². The van der Waals surface area contributed by atoms with E-state index in [4.69, 9.17) is 16.3 Å². The van der Waals surface area contributed by atoms with E-state index in [1.54, 1.807) is 13.2 Å². The van der Waals surface area contributed by atoms with Crippen LogP contribution in [0.15, 0.2) is 0 Å². The average Bonchev–Trinajstić information content (AvgIpc) is 2.64. The first-order valence-electron chi connectivity index (χ1n) is 9.20. The highest BCUT2D eigenvalue weighted by atomic mass is 35.5. The summed E-state index contributed by atoms with van der Waals surface area (Å²) >= 11 is 7.51. The van der Waals surface area contributed by atoms with Crippen molar-refractivity contribution in [1.82, 2.24) is 10.6 Å². The number of hydrogen-bond donors (Lipinski definition) is 5. The fourth-order valence-corrected chi connectivity index (χ4v) is 4.54. The topological polar surface area (TPSA) is 111 Å². The lowest BCUT2D eigenvalue weighted by atomic mass is 9.89. The van der Waals surface area contributed by atoms with Crippen molar-refractivity contribution in [1.29, 1.82) is 0 Å². The predicted molar refractivity (Wildman–Crippen MR) is 109 cm³/mol.